The van der Waals surface area contributed by atoms with Crippen molar-refractivity contribution in [3.05, 3.63) is 23.3 Å². The van der Waals surface area contributed by atoms with Crippen LogP contribution in [0.25, 0.3) is 0 Å². The average Bonchev–Trinajstić information content (AvgIpc) is 2.39. The molecule has 0 fully saturated rings. The molecule has 5 heteroatoms. The van der Waals surface area contributed by atoms with Gasteiger partial charge < -0.3 is 4.74 Å². The van der Waals surface area contributed by atoms with Gasteiger partial charge in [-0.05, 0) is 43.5 Å². The van der Waals surface area contributed by atoms with Crippen LogP contribution in [0.15, 0.2) is 17.0 Å². The summed E-state index contributed by atoms with van der Waals surface area (Å²) in [5.74, 6) is 0.744. The molecule has 1 aromatic rings. The van der Waals surface area contributed by atoms with Gasteiger partial charge in [0, 0.05) is 0 Å². The van der Waals surface area contributed by atoms with Gasteiger partial charge in [-0.25, -0.2) is 13.6 Å². The third-order valence-corrected chi connectivity index (χ3v) is 4.59. The Bertz CT molecular complexity index is 553. The Hall–Kier alpha value is -1.07. The second-order valence-electron chi connectivity index (χ2n) is 5.54. The van der Waals surface area contributed by atoms with E-state index in [-0.39, 0.29) is 4.90 Å². The highest BCUT2D eigenvalue weighted by molar-refractivity contribution is 7.89. The van der Waals surface area contributed by atoms with Gasteiger partial charge in [-0.3, -0.25) is 0 Å². The van der Waals surface area contributed by atoms with Crippen molar-refractivity contribution >= 4 is 10.0 Å². The molecule has 0 spiro atoms. The number of nitrogens with two attached hydrogens (primary N) is 1. The third kappa shape index (κ3) is 6.06. The number of rotatable bonds is 9. The summed E-state index contributed by atoms with van der Waals surface area (Å²) in [7, 11) is -3.67. The van der Waals surface area contributed by atoms with Gasteiger partial charge in [-0.1, -0.05) is 39.0 Å². The Morgan fingerprint density at radius 2 is 1.62 bits per heavy atom. The number of hydrogen-bond donors (Lipinski definition) is 1. The minimum Gasteiger partial charge on any atom is -0.493 e. The van der Waals surface area contributed by atoms with Gasteiger partial charge in [-0.2, -0.15) is 0 Å². The molecule has 2 N–H and O–H groups in total. The van der Waals surface area contributed by atoms with Gasteiger partial charge >= 0.3 is 0 Å². The largest absolute Gasteiger partial charge is 0.493 e. The number of benzene rings is 1. The number of aryl methyl sites for hydroxylation is 2. The molecule has 0 heterocycles. The maximum atomic E-state index is 11.4. The maximum Gasteiger partial charge on any atom is 0.238 e. The van der Waals surface area contributed by atoms with E-state index >= 15 is 0 Å². The molecule has 0 saturated carbocycles. The van der Waals surface area contributed by atoms with Crippen molar-refractivity contribution in [1.29, 1.82) is 0 Å². The first-order valence-electron chi connectivity index (χ1n) is 7.63. The van der Waals surface area contributed by atoms with E-state index in [0.29, 0.717) is 12.2 Å². The van der Waals surface area contributed by atoms with Gasteiger partial charge in [0.05, 0.1) is 11.5 Å². The third-order valence-electron chi connectivity index (χ3n) is 3.53. The molecule has 21 heavy (non-hydrogen) atoms. The van der Waals surface area contributed by atoms with Gasteiger partial charge in [0.15, 0.2) is 0 Å². The molecule has 0 amide bonds. The van der Waals surface area contributed by atoms with E-state index in [1.807, 2.05) is 6.92 Å². The SMILES string of the molecule is CCCCCCCCOc1cc(C)c(S(N)(=O)=O)cc1C. The Balaban J connectivity index is 2.52. The summed E-state index contributed by atoms with van der Waals surface area (Å²) in [6.45, 7) is 6.45. The van der Waals surface area contributed by atoms with Crippen molar-refractivity contribution in [2.75, 3.05) is 6.61 Å². The van der Waals surface area contributed by atoms with Gasteiger partial charge in [-0.15, -0.1) is 0 Å². The second kappa shape index (κ2) is 8.39. The lowest BCUT2D eigenvalue weighted by atomic mass is 10.1. The first-order chi connectivity index (χ1) is 9.86. The fourth-order valence-electron chi connectivity index (χ4n) is 2.29. The first kappa shape index (κ1) is 18.0. The standard InChI is InChI=1S/C16H27NO3S/c1-4-5-6-7-8-9-10-20-15-11-14(3)16(12-13(15)2)21(17,18)19/h11-12H,4-10H2,1-3H3,(H2,17,18,19). The summed E-state index contributed by atoms with van der Waals surface area (Å²) in [5.41, 5.74) is 1.43. The van der Waals surface area contributed by atoms with Gasteiger partial charge in [0.1, 0.15) is 5.75 Å². The molecule has 0 radical (unpaired) electrons. The molecule has 0 bridgehead atoms. The van der Waals surface area contributed by atoms with E-state index < -0.39 is 10.0 Å². The lowest BCUT2D eigenvalue weighted by Crippen LogP contribution is -2.14. The lowest BCUT2D eigenvalue weighted by molar-refractivity contribution is 0.302. The molecule has 0 unspecified atom stereocenters. The van der Waals surface area contributed by atoms with Crippen molar-refractivity contribution < 1.29 is 13.2 Å². The molecule has 0 aliphatic rings. The normalized spacial score (nSPS) is 11.6. The minimum absolute atomic E-state index is 0.173. The van der Waals surface area contributed by atoms with Gasteiger partial charge in [0.25, 0.3) is 0 Å². The molecule has 0 aliphatic carbocycles. The van der Waals surface area contributed by atoms with Crippen LogP contribution in [0.2, 0.25) is 0 Å². The molecule has 120 valence electrons. The molecular weight excluding hydrogens is 286 g/mol. The molecule has 0 aromatic heterocycles. The van der Waals surface area contributed by atoms with E-state index in [0.717, 1.165) is 17.7 Å². The van der Waals surface area contributed by atoms with Crippen LogP contribution in [0.4, 0.5) is 0 Å². The number of hydrogen-bond acceptors (Lipinski definition) is 3. The summed E-state index contributed by atoms with van der Waals surface area (Å²) >= 11 is 0. The summed E-state index contributed by atoms with van der Waals surface area (Å²) in [6.07, 6.45) is 7.29. The van der Waals surface area contributed by atoms with E-state index in [4.69, 9.17) is 9.88 Å². The Morgan fingerprint density at radius 1 is 1.00 bits per heavy atom. The summed E-state index contributed by atoms with van der Waals surface area (Å²) in [6, 6.07) is 3.34. The van der Waals surface area contributed by atoms with Crippen LogP contribution >= 0.6 is 0 Å². The van der Waals surface area contributed by atoms with Crippen LogP contribution in [0.3, 0.4) is 0 Å². The van der Waals surface area contributed by atoms with E-state index in [1.165, 1.54) is 32.1 Å². The molecule has 0 atom stereocenters. The zero-order valence-electron chi connectivity index (χ0n) is 13.3. The second-order valence-corrected chi connectivity index (χ2v) is 7.07. The van der Waals surface area contributed by atoms with Crippen LogP contribution < -0.4 is 9.88 Å². The van der Waals surface area contributed by atoms with Crippen molar-refractivity contribution in [3.63, 3.8) is 0 Å². The van der Waals surface area contributed by atoms with Crippen LogP contribution in [-0.2, 0) is 10.0 Å². The fraction of sp³-hybridized carbons (Fsp3) is 0.625. The maximum absolute atomic E-state index is 11.4. The predicted octanol–water partition coefficient (Wildman–Crippen LogP) is 3.69. The van der Waals surface area contributed by atoms with Crippen LogP contribution in [0, 0.1) is 13.8 Å². The molecule has 1 aromatic carbocycles. The number of unbranched alkanes of at least 4 members (excludes halogenated alkanes) is 5. The van der Waals surface area contributed by atoms with Gasteiger partial charge in [0.2, 0.25) is 10.0 Å². The van der Waals surface area contributed by atoms with Crippen LogP contribution in [0.5, 0.6) is 5.75 Å². The number of primary sulfonamides is 1. The summed E-state index contributed by atoms with van der Waals surface area (Å²) in [5, 5.41) is 5.19. The Kier molecular flexibility index (Phi) is 7.18. The van der Waals surface area contributed by atoms with Crippen LogP contribution in [0.1, 0.15) is 56.6 Å². The predicted molar refractivity (Wildman–Crippen MR) is 86.2 cm³/mol. The Labute approximate surface area is 128 Å². The van der Waals surface area contributed by atoms with E-state index in [1.54, 1.807) is 19.1 Å². The van der Waals surface area contributed by atoms with Crippen molar-refractivity contribution in [3.8, 4) is 5.75 Å². The molecular formula is C16H27NO3S. The monoisotopic (exact) mass is 313 g/mol. The number of ether oxygens (including phenoxy) is 1. The zero-order chi connectivity index (χ0) is 15.9. The number of sulfonamides is 1. The molecule has 0 saturated heterocycles. The lowest BCUT2D eigenvalue weighted by Gasteiger charge is -2.12. The van der Waals surface area contributed by atoms with Crippen molar-refractivity contribution in [1.82, 2.24) is 0 Å². The van der Waals surface area contributed by atoms with E-state index in [2.05, 4.69) is 6.92 Å². The van der Waals surface area contributed by atoms with E-state index in [9.17, 15) is 8.42 Å². The highest BCUT2D eigenvalue weighted by atomic mass is 32.2. The molecule has 0 aliphatic heterocycles. The fourth-order valence-corrected chi connectivity index (χ4v) is 3.14. The average molecular weight is 313 g/mol. The Morgan fingerprint density at radius 3 is 2.24 bits per heavy atom. The minimum atomic E-state index is -3.67. The molecule has 4 nitrogen and oxygen atoms in total. The first-order valence-corrected chi connectivity index (χ1v) is 9.17. The van der Waals surface area contributed by atoms with Crippen molar-refractivity contribution in [2.45, 2.75) is 64.2 Å². The zero-order valence-corrected chi connectivity index (χ0v) is 14.1. The molecule has 1 rings (SSSR count). The summed E-state index contributed by atoms with van der Waals surface area (Å²) < 4.78 is 28.6. The smallest absolute Gasteiger partial charge is 0.238 e. The highest BCUT2D eigenvalue weighted by Crippen LogP contribution is 2.25. The van der Waals surface area contributed by atoms with Crippen LogP contribution in [-0.4, -0.2) is 15.0 Å². The summed E-state index contributed by atoms with van der Waals surface area (Å²) in [4.78, 5) is 0.173. The topological polar surface area (TPSA) is 69.4 Å². The highest BCUT2D eigenvalue weighted by Gasteiger charge is 2.14. The van der Waals surface area contributed by atoms with Crippen molar-refractivity contribution in [2.24, 2.45) is 5.14 Å². The quantitative estimate of drug-likeness (QED) is 0.707.